The summed E-state index contributed by atoms with van der Waals surface area (Å²) in [6, 6.07) is 0. The largest absolute Gasteiger partial charge is 0.493 e. The molecule has 0 saturated carbocycles. The standard InChI is InChI=1S/C13H18I2N2O2/c1-8(2)16-17-12(18)10-5-6-11(19-9(3)4)13(14,15)7-10/h5-6,9H,7H2,1-4H3,(H,17,18). The first-order valence-electron chi connectivity index (χ1n) is 5.99. The van der Waals surface area contributed by atoms with Gasteiger partial charge in [-0.2, -0.15) is 5.10 Å². The van der Waals surface area contributed by atoms with E-state index in [4.69, 9.17) is 4.74 Å². The SMILES string of the molecule is CC(C)=NNC(=O)C1=CC=C(OC(C)C)C(I)(I)C1. The molecule has 0 fully saturated rings. The number of amides is 1. The molecule has 19 heavy (non-hydrogen) atoms. The van der Waals surface area contributed by atoms with E-state index in [9.17, 15) is 4.79 Å². The molecule has 0 unspecified atom stereocenters. The highest BCUT2D eigenvalue weighted by molar-refractivity contribution is 14.2. The smallest absolute Gasteiger partial charge is 0.267 e. The van der Waals surface area contributed by atoms with Gasteiger partial charge in [0.15, 0.2) is 0 Å². The average Bonchev–Trinajstić information content (AvgIpc) is 2.27. The summed E-state index contributed by atoms with van der Waals surface area (Å²) in [5.74, 6) is 0.745. The van der Waals surface area contributed by atoms with Crippen molar-refractivity contribution in [3.8, 4) is 0 Å². The van der Waals surface area contributed by atoms with Crippen LogP contribution in [0.25, 0.3) is 0 Å². The van der Waals surface area contributed by atoms with Gasteiger partial charge in [-0.3, -0.25) is 4.79 Å². The van der Waals surface area contributed by atoms with Crippen LogP contribution >= 0.6 is 45.2 Å². The van der Waals surface area contributed by atoms with Gasteiger partial charge < -0.3 is 4.74 Å². The zero-order valence-electron chi connectivity index (χ0n) is 11.5. The number of carbonyl (C=O) groups excluding carboxylic acids is 1. The number of hydrazone groups is 1. The predicted octanol–water partition coefficient (Wildman–Crippen LogP) is 3.70. The highest BCUT2D eigenvalue weighted by Gasteiger charge is 2.35. The summed E-state index contributed by atoms with van der Waals surface area (Å²) in [6.07, 6.45) is 4.44. The third kappa shape index (κ3) is 5.41. The van der Waals surface area contributed by atoms with Crippen LogP contribution in [-0.2, 0) is 9.53 Å². The van der Waals surface area contributed by atoms with Crippen molar-refractivity contribution in [3.05, 3.63) is 23.5 Å². The monoisotopic (exact) mass is 488 g/mol. The molecule has 1 amide bonds. The Morgan fingerprint density at radius 2 is 2.05 bits per heavy atom. The summed E-state index contributed by atoms with van der Waals surface area (Å²) in [5.41, 5.74) is 4.08. The van der Waals surface area contributed by atoms with E-state index in [1.165, 1.54) is 0 Å². The van der Waals surface area contributed by atoms with Crippen molar-refractivity contribution in [3.63, 3.8) is 0 Å². The molecule has 1 rings (SSSR count). The van der Waals surface area contributed by atoms with Crippen LogP contribution < -0.4 is 5.43 Å². The molecular formula is C13H18I2N2O2. The molecule has 0 spiro atoms. The van der Waals surface area contributed by atoms with Crippen LogP contribution in [0.15, 0.2) is 28.6 Å². The molecule has 0 aromatic carbocycles. The molecule has 106 valence electrons. The zero-order valence-corrected chi connectivity index (χ0v) is 15.8. The summed E-state index contributed by atoms with van der Waals surface area (Å²) in [4.78, 5) is 12.0. The summed E-state index contributed by atoms with van der Waals surface area (Å²) in [7, 11) is 0. The van der Waals surface area contributed by atoms with Crippen molar-refractivity contribution < 1.29 is 9.53 Å². The minimum atomic E-state index is -0.230. The fourth-order valence-electron chi connectivity index (χ4n) is 1.45. The van der Waals surface area contributed by atoms with Crippen LogP contribution in [0, 0.1) is 0 Å². The van der Waals surface area contributed by atoms with Crippen molar-refractivity contribution in [2.75, 3.05) is 0 Å². The third-order valence-corrected chi connectivity index (χ3v) is 4.07. The number of alkyl halides is 2. The van der Waals surface area contributed by atoms with Gasteiger partial charge in [0.05, 0.1) is 6.10 Å². The number of carbonyl (C=O) groups is 1. The Labute approximate surface area is 141 Å². The lowest BCUT2D eigenvalue weighted by Gasteiger charge is -2.29. The molecule has 0 atom stereocenters. The highest BCUT2D eigenvalue weighted by atomic mass is 127. The number of nitrogens with one attached hydrogen (secondary N) is 1. The molecule has 1 aliphatic carbocycles. The first-order chi connectivity index (χ1) is 8.72. The molecular weight excluding hydrogens is 470 g/mol. The molecule has 0 heterocycles. The third-order valence-electron chi connectivity index (χ3n) is 2.24. The van der Waals surface area contributed by atoms with E-state index in [0.717, 1.165) is 11.5 Å². The maximum absolute atomic E-state index is 12.0. The topological polar surface area (TPSA) is 50.7 Å². The van der Waals surface area contributed by atoms with Crippen LogP contribution in [0.3, 0.4) is 0 Å². The molecule has 0 aromatic heterocycles. The van der Waals surface area contributed by atoms with Gasteiger partial charge in [-0.25, -0.2) is 5.43 Å². The number of nitrogens with zero attached hydrogens (tertiary/aromatic N) is 1. The van der Waals surface area contributed by atoms with Gasteiger partial charge in [0.25, 0.3) is 5.91 Å². The Hall–Kier alpha value is -0.120. The van der Waals surface area contributed by atoms with Crippen LogP contribution in [0.2, 0.25) is 0 Å². The van der Waals surface area contributed by atoms with E-state index in [-0.39, 0.29) is 13.4 Å². The fourth-order valence-corrected chi connectivity index (χ4v) is 2.89. The number of allylic oxidation sites excluding steroid dienone is 3. The minimum Gasteiger partial charge on any atom is -0.493 e. The van der Waals surface area contributed by atoms with Crippen molar-refractivity contribution >= 4 is 56.8 Å². The molecule has 4 nitrogen and oxygen atoms in total. The number of hydrogen-bond donors (Lipinski definition) is 1. The average molecular weight is 488 g/mol. The van der Waals surface area contributed by atoms with E-state index in [1.54, 1.807) is 0 Å². The molecule has 0 saturated heterocycles. The molecule has 1 aliphatic rings. The second-order valence-corrected chi connectivity index (χ2v) is 10.5. The van der Waals surface area contributed by atoms with Gasteiger partial charge >= 0.3 is 0 Å². The zero-order chi connectivity index (χ0) is 14.6. The van der Waals surface area contributed by atoms with Gasteiger partial charge in [0, 0.05) is 17.7 Å². The number of halogens is 2. The summed E-state index contributed by atoms with van der Waals surface area (Å²) in [6.45, 7) is 7.67. The van der Waals surface area contributed by atoms with E-state index in [0.29, 0.717) is 12.0 Å². The Kier molecular flexibility index (Phi) is 6.28. The Balaban J connectivity index is 2.84. The van der Waals surface area contributed by atoms with Crippen molar-refractivity contribution in [1.82, 2.24) is 5.43 Å². The van der Waals surface area contributed by atoms with Gasteiger partial charge in [0.1, 0.15) is 7.19 Å². The summed E-state index contributed by atoms with van der Waals surface area (Å²) < 4.78 is 5.54. The first kappa shape index (κ1) is 16.9. The van der Waals surface area contributed by atoms with Gasteiger partial charge in [-0.05, 0) is 39.8 Å². The Morgan fingerprint density at radius 1 is 1.42 bits per heavy atom. The van der Waals surface area contributed by atoms with Crippen molar-refractivity contribution in [2.45, 2.75) is 41.6 Å². The van der Waals surface area contributed by atoms with E-state index in [2.05, 4.69) is 55.7 Å². The maximum Gasteiger partial charge on any atom is 0.267 e. The second-order valence-electron chi connectivity index (χ2n) is 4.77. The van der Waals surface area contributed by atoms with Gasteiger partial charge in [0.2, 0.25) is 0 Å². The van der Waals surface area contributed by atoms with E-state index in [1.807, 2.05) is 39.8 Å². The first-order valence-corrected chi connectivity index (χ1v) is 8.15. The number of rotatable bonds is 4. The van der Waals surface area contributed by atoms with Crippen LogP contribution in [-0.4, -0.2) is 19.2 Å². The van der Waals surface area contributed by atoms with Gasteiger partial charge in [-0.15, -0.1) is 0 Å². The quantitative estimate of drug-likeness (QED) is 0.284. The lowest BCUT2D eigenvalue weighted by atomic mass is 10.0. The molecule has 1 N–H and O–H groups in total. The predicted molar refractivity (Wildman–Crippen MR) is 94.7 cm³/mol. The van der Waals surface area contributed by atoms with Crippen molar-refractivity contribution in [1.29, 1.82) is 0 Å². The van der Waals surface area contributed by atoms with Crippen LogP contribution in [0.4, 0.5) is 0 Å². The normalized spacial score (nSPS) is 17.4. The van der Waals surface area contributed by atoms with Crippen LogP contribution in [0.5, 0.6) is 0 Å². The number of hydrogen-bond acceptors (Lipinski definition) is 3. The fraction of sp³-hybridized carbons (Fsp3) is 0.538. The molecule has 0 radical (unpaired) electrons. The second kappa shape index (κ2) is 7.05. The van der Waals surface area contributed by atoms with Crippen molar-refractivity contribution in [2.24, 2.45) is 5.10 Å². The lowest BCUT2D eigenvalue weighted by molar-refractivity contribution is -0.117. The minimum absolute atomic E-state index is 0.131. The lowest BCUT2D eigenvalue weighted by Crippen LogP contribution is -2.29. The molecule has 0 aromatic rings. The maximum atomic E-state index is 12.0. The number of ether oxygens (including phenoxy) is 1. The van der Waals surface area contributed by atoms with E-state index >= 15 is 0 Å². The Bertz CT molecular complexity index is 448. The molecule has 0 aliphatic heterocycles. The van der Waals surface area contributed by atoms with Crippen LogP contribution in [0.1, 0.15) is 34.1 Å². The van der Waals surface area contributed by atoms with E-state index < -0.39 is 0 Å². The molecule has 6 heteroatoms. The summed E-state index contributed by atoms with van der Waals surface area (Å²) >= 11 is 4.63. The summed E-state index contributed by atoms with van der Waals surface area (Å²) in [5, 5.41) is 3.93. The highest BCUT2D eigenvalue weighted by Crippen LogP contribution is 2.44. The molecule has 0 bridgehead atoms. The Morgan fingerprint density at radius 3 is 2.53 bits per heavy atom. The van der Waals surface area contributed by atoms with Gasteiger partial charge in [-0.1, -0.05) is 45.2 Å².